The molecule has 0 bridgehead atoms. The fraction of sp³-hybridized carbons (Fsp3) is 0.615. The van der Waals surface area contributed by atoms with Crippen LogP contribution in [0, 0.1) is 13.8 Å². The van der Waals surface area contributed by atoms with Crippen molar-refractivity contribution in [1.29, 1.82) is 0 Å². The van der Waals surface area contributed by atoms with Gasteiger partial charge in [-0.2, -0.15) is 0 Å². The highest BCUT2D eigenvalue weighted by molar-refractivity contribution is 7.92. The maximum Gasteiger partial charge on any atom is 0.194 e. The van der Waals surface area contributed by atoms with Gasteiger partial charge in [0.25, 0.3) is 0 Å². The summed E-state index contributed by atoms with van der Waals surface area (Å²) in [5.74, 6) is 0. The van der Waals surface area contributed by atoms with E-state index >= 15 is 0 Å². The van der Waals surface area contributed by atoms with Crippen molar-refractivity contribution in [3.8, 4) is 0 Å². The molecule has 2 rings (SSSR count). The number of aryl methyl sites for hydroxylation is 2. The van der Waals surface area contributed by atoms with Crippen molar-refractivity contribution < 1.29 is 8.42 Å². The molecular weight excluding hydrogens is 294 g/mol. The Morgan fingerprint density at radius 1 is 1.40 bits per heavy atom. The van der Waals surface area contributed by atoms with Crippen molar-refractivity contribution in [1.82, 2.24) is 14.7 Å². The second-order valence-corrected chi connectivity index (χ2v) is 9.26. The van der Waals surface area contributed by atoms with Crippen LogP contribution < -0.4 is 5.32 Å². The van der Waals surface area contributed by atoms with Gasteiger partial charge in [-0.15, -0.1) is 11.3 Å². The van der Waals surface area contributed by atoms with Gasteiger partial charge >= 0.3 is 0 Å². The largest absolute Gasteiger partial charge is 0.310 e. The molecule has 0 aliphatic rings. The standard InChI is InChI=1S/C13H21N3O2S2/c1-9-7-19-12-15-10(2)11(16(9)12)6-14-8-13(3,4)20(5,17)18/h7,14H,6,8H2,1-5H3. The lowest BCUT2D eigenvalue weighted by atomic mass is 10.2. The zero-order valence-electron chi connectivity index (χ0n) is 12.5. The average molecular weight is 315 g/mol. The molecule has 112 valence electrons. The van der Waals surface area contributed by atoms with Crippen LogP contribution in [0.1, 0.15) is 30.9 Å². The summed E-state index contributed by atoms with van der Waals surface area (Å²) in [4.78, 5) is 5.51. The highest BCUT2D eigenvalue weighted by Gasteiger charge is 2.29. The molecule has 7 heteroatoms. The van der Waals surface area contributed by atoms with Gasteiger partial charge < -0.3 is 5.32 Å². The van der Waals surface area contributed by atoms with Crippen LogP contribution in [-0.2, 0) is 16.4 Å². The van der Waals surface area contributed by atoms with Crippen LogP contribution in [0.25, 0.3) is 4.96 Å². The monoisotopic (exact) mass is 315 g/mol. The van der Waals surface area contributed by atoms with E-state index in [1.165, 1.54) is 6.26 Å². The Hall–Kier alpha value is -0.920. The summed E-state index contributed by atoms with van der Waals surface area (Å²) >= 11 is 1.62. The Kier molecular flexibility index (Phi) is 3.96. The highest BCUT2D eigenvalue weighted by atomic mass is 32.2. The Balaban J connectivity index is 2.14. The summed E-state index contributed by atoms with van der Waals surface area (Å²) in [6.07, 6.45) is 1.28. The van der Waals surface area contributed by atoms with Crippen molar-refractivity contribution >= 4 is 26.1 Å². The van der Waals surface area contributed by atoms with E-state index in [1.807, 2.05) is 6.92 Å². The molecule has 0 amide bonds. The van der Waals surface area contributed by atoms with E-state index < -0.39 is 14.6 Å². The third kappa shape index (κ3) is 2.75. The van der Waals surface area contributed by atoms with Crippen LogP contribution in [0.5, 0.6) is 0 Å². The summed E-state index contributed by atoms with van der Waals surface area (Å²) < 4.78 is 24.7. The van der Waals surface area contributed by atoms with Gasteiger partial charge in [0.1, 0.15) is 0 Å². The van der Waals surface area contributed by atoms with E-state index in [-0.39, 0.29) is 0 Å². The molecule has 0 aliphatic heterocycles. The molecule has 0 radical (unpaired) electrons. The zero-order valence-corrected chi connectivity index (χ0v) is 14.2. The second kappa shape index (κ2) is 5.13. The molecule has 0 unspecified atom stereocenters. The number of nitrogens with zero attached hydrogens (tertiary/aromatic N) is 2. The normalized spacial score (nSPS) is 13.2. The van der Waals surface area contributed by atoms with Crippen molar-refractivity contribution in [2.45, 2.75) is 39.0 Å². The van der Waals surface area contributed by atoms with Crippen molar-refractivity contribution in [2.75, 3.05) is 12.8 Å². The average Bonchev–Trinajstić information content (AvgIpc) is 2.79. The van der Waals surface area contributed by atoms with Gasteiger partial charge in [-0.05, 0) is 27.7 Å². The van der Waals surface area contributed by atoms with Crippen LogP contribution in [0.3, 0.4) is 0 Å². The lowest BCUT2D eigenvalue weighted by Crippen LogP contribution is -2.41. The van der Waals surface area contributed by atoms with Crippen LogP contribution in [0.4, 0.5) is 0 Å². The quantitative estimate of drug-likeness (QED) is 0.915. The van der Waals surface area contributed by atoms with Gasteiger partial charge in [0, 0.05) is 30.4 Å². The second-order valence-electron chi connectivity index (χ2n) is 5.77. The summed E-state index contributed by atoms with van der Waals surface area (Å²) in [6.45, 7) is 8.55. The first-order chi connectivity index (χ1) is 9.13. The molecule has 0 saturated heterocycles. The lowest BCUT2D eigenvalue weighted by molar-refractivity contribution is 0.518. The van der Waals surface area contributed by atoms with Crippen molar-refractivity contribution in [2.24, 2.45) is 0 Å². The molecule has 5 nitrogen and oxygen atoms in total. The Morgan fingerprint density at radius 2 is 2.05 bits per heavy atom. The SMILES string of the molecule is Cc1nc2scc(C)n2c1CNCC(C)(C)S(C)(=O)=O. The van der Waals surface area contributed by atoms with Crippen molar-refractivity contribution in [3.63, 3.8) is 0 Å². The summed E-state index contributed by atoms with van der Waals surface area (Å²) in [5.41, 5.74) is 3.25. The first-order valence-electron chi connectivity index (χ1n) is 6.46. The fourth-order valence-corrected chi connectivity index (χ4v) is 3.28. The molecule has 0 aliphatic carbocycles. The number of hydrogen-bond acceptors (Lipinski definition) is 5. The first-order valence-corrected chi connectivity index (χ1v) is 9.23. The number of rotatable bonds is 5. The molecule has 0 aromatic carbocycles. The van der Waals surface area contributed by atoms with E-state index in [0.717, 1.165) is 22.0 Å². The maximum atomic E-state index is 11.7. The van der Waals surface area contributed by atoms with Crippen LogP contribution in [0.2, 0.25) is 0 Å². The molecule has 0 fully saturated rings. The van der Waals surface area contributed by atoms with Crippen LogP contribution in [-0.4, -0.2) is 35.4 Å². The van der Waals surface area contributed by atoms with Gasteiger partial charge in [0.2, 0.25) is 0 Å². The minimum absolute atomic E-state index is 0.418. The van der Waals surface area contributed by atoms with E-state index in [4.69, 9.17) is 0 Å². The minimum Gasteiger partial charge on any atom is -0.310 e. The van der Waals surface area contributed by atoms with Crippen LogP contribution >= 0.6 is 11.3 Å². The zero-order chi connectivity index (χ0) is 15.1. The molecular formula is C13H21N3O2S2. The predicted molar refractivity (Wildman–Crippen MR) is 83.2 cm³/mol. The van der Waals surface area contributed by atoms with Gasteiger partial charge in [-0.25, -0.2) is 13.4 Å². The summed E-state index contributed by atoms with van der Waals surface area (Å²) in [6, 6.07) is 0. The molecule has 2 aromatic rings. The van der Waals surface area contributed by atoms with Gasteiger partial charge in [0.05, 0.1) is 16.1 Å². The van der Waals surface area contributed by atoms with E-state index in [1.54, 1.807) is 25.2 Å². The van der Waals surface area contributed by atoms with Gasteiger partial charge in [-0.1, -0.05) is 0 Å². The molecule has 2 aromatic heterocycles. The molecule has 0 spiro atoms. The Bertz CT molecular complexity index is 726. The van der Waals surface area contributed by atoms with E-state index in [2.05, 4.69) is 27.0 Å². The fourth-order valence-electron chi connectivity index (χ4n) is 1.99. The molecule has 2 heterocycles. The summed E-state index contributed by atoms with van der Waals surface area (Å²) in [5, 5.41) is 5.32. The number of sulfone groups is 1. The number of fused-ring (bicyclic) bond motifs is 1. The minimum atomic E-state index is -3.08. The van der Waals surface area contributed by atoms with Crippen LogP contribution in [0.15, 0.2) is 5.38 Å². The lowest BCUT2D eigenvalue weighted by Gasteiger charge is -2.22. The maximum absolute atomic E-state index is 11.7. The highest BCUT2D eigenvalue weighted by Crippen LogP contribution is 2.20. The van der Waals surface area contributed by atoms with Gasteiger partial charge in [0.15, 0.2) is 14.8 Å². The Labute approximate surface area is 124 Å². The number of imidazole rings is 1. The third-order valence-corrected chi connectivity index (χ3v) is 6.77. The Morgan fingerprint density at radius 3 is 2.65 bits per heavy atom. The summed E-state index contributed by atoms with van der Waals surface area (Å²) in [7, 11) is -3.08. The number of thiazole rings is 1. The van der Waals surface area contributed by atoms with Crippen molar-refractivity contribution in [3.05, 3.63) is 22.5 Å². The van der Waals surface area contributed by atoms with E-state index in [0.29, 0.717) is 13.1 Å². The molecule has 0 atom stereocenters. The number of hydrogen-bond donors (Lipinski definition) is 1. The predicted octanol–water partition coefficient (Wildman–Crippen LogP) is 1.93. The molecule has 0 saturated carbocycles. The smallest absolute Gasteiger partial charge is 0.194 e. The van der Waals surface area contributed by atoms with Gasteiger partial charge in [-0.3, -0.25) is 4.40 Å². The van der Waals surface area contributed by atoms with E-state index in [9.17, 15) is 8.42 Å². The topological polar surface area (TPSA) is 63.5 Å². The molecule has 1 N–H and O–H groups in total. The first kappa shape index (κ1) is 15.5. The number of nitrogens with one attached hydrogen (secondary N) is 1. The third-order valence-electron chi connectivity index (χ3n) is 3.68. The molecule has 20 heavy (non-hydrogen) atoms. The number of aromatic nitrogens is 2.